The summed E-state index contributed by atoms with van der Waals surface area (Å²) in [6.45, 7) is 1.02. The summed E-state index contributed by atoms with van der Waals surface area (Å²) in [4.78, 5) is 9.94. The first-order valence-corrected chi connectivity index (χ1v) is 3.07. The first-order valence-electron chi connectivity index (χ1n) is 3.07. The maximum absolute atomic E-state index is 9.94. The van der Waals surface area contributed by atoms with Gasteiger partial charge < -0.3 is 15.2 Å². The molecular formula is C6H13NO2. The Morgan fingerprint density at radius 3 is 2.56 bits per heavy atom. The number of carbonyl (C=O) groups is 1. The molecule has 0 radical (unpaired) electrons. The molecule has 0 bridgehead atoms. The van der Waals surface area contributed by atoms with Gasteiger partial charge >= 0.3 is 0 Å². The van der Waals surface area contributed by atoms with Crippen LogP contribution in [-0.2, 0) is 4.79 Å². The summed E-state index contributed by atoms with van der Waals surface area (Å²) in [7, 11) is 1.00. The Bertz CT molecular complexity index is 69.5. The molecule has 54 valence electrons. The van der Waals surface area contributed by atoms with Crippen LogP contribution in [0.25, 0.3) is 0 Å². The molecular weight excluding hydrogens is 118 g/mol. The molecule has 0 unspecified atom stereocenters. The topological polar surface area (TPSA) is 49.3 Å². The van der Waals surface area contributed by atoms with E-state index < -0.39 is 0 Å². The minimum absolute atomic E-state index is 0.167. The highest BCUT2D eigenvalue weighted by atomic mass is 16.2. The van der Waals surface area contributed by atoms with Crippen LogP contribution in [0.3, 0.4) is 0 Å². The van der Waals surface area contributed by atoms with Crippen LogP contribution in [0.15, 0.2) is 0 Å². The van der Waals surface area contributed by atoms with Crippen molar-refractivity contribution in [3.05, 3.63) is 0 Å². The number of aliphatic hydroxyl groups excluding tert-OH is 1. The Kier molecular flexibility index (Phi) is 5.46. The zero-order chi connectivity index (χ0) is 7.11. The van der Waals surface area contributed by atoms with Crippen molar-refractivity contribution in [1.82, 2.24) is 5.32 Å². The van der Waals surface area contributed by atoms with Crippen molar-refractivity contribution in [2.24, 2.45) is 0 Å². The first kappa shape index (κ1) is 8.59. The van der Waals surface area contributed by atoms with E-state index >= 15 is 0 Å². The summed E-state index contributed by atoms with van der Waals surface area (Å²) in [5.41, 5.74) is 0. The van der Waals surface area contributed by atoms with E-state index in [2.05, 4.69) is 5.32 Å². The van der Waals surface area contributed by atoms with E-state index in [9.17, 15) is 4.79 Å². The van der Waals surface area contributed by atoms with Crippen molar-refractivity contribution < 1.29 is 9.90 Å². The second-order valence-electron chi connectivity index (χ2n) is 1.84. The third-order valence-corrected chi connectivity index (χ3v) is 1.26. The summed E-state index contributed by atoms with van der Waals surface area (Å²) >= 11 is 0. The Hall–Kier alpha value is -0.410. The van der Waals surface area contributed by atoms with Crippen LogP contribution >= 0.6 is 0 Å². The van der Waals surface area contributed by atoms with Gasteiger partial charge in [0, 0.05) is 7.11 Å². The lowest BCUT2D eigenvalue weighted by Crippen LogP contribution is -2.21. The van der Waals surface area contributed by atoms with Gasteiger partial charge in [-0.3, -0.25) is 0 Å². The Labute approximate surface area is 55.1 Å². The van der Waals surface area contributed by atoms with Crippen LogP contribution in [0.5, 0.6) is 0 Å². The number of hydrogen-bond donors (Lipinski definition) is 2. The smallest absolute Gasteiger partial charge is 0.136 e. The monoisotopic (exact) mass is 131 g/mol. The van der Waals surface area contributed by atoms with Gasteiger partial charge in [-0.2, -0.15) is 0 Å². The molecule has 1 rings (SSSR count). The van der Waals surface area contributed by atoms with E-state index in [-0.39, 0.29) is 6.04 Å². The van der Waals surface area contributed by atoms with E-state index in [1.165, 1.54) is 0 Å². The summed E-state index contributed by atoms with van der Waals surface area (Å²) < 4.78 is 0. The van der Waals surface area contributed by atoms with Crippen LogP contribution in [0.1, 0.15) is 12.8 Å². The lowest BCUT2D eigenvalue weighted by Gasteiger charge is -1.93. The fourth-order valence-electron chi connectivity index (χ4n) is 0.828. The van der Waals surface area contributed by atoms with Crippen molar-refractivity contribution in [1.29, 1.82) is 0 Å². The normalized spacial score (nSPS) is 24.4. The number of nitrogens with one attached hydrogen (secondary N) is 1. The van der Waals surface area contributed by atoms with Gasteiger partial charge in [-0.1, -0.05) is 0 Å². The Morgan fingerprint density at radius 1 is 1.67 bits per heavy atom. The molecule has 1 heterocycles. The van der Waals surface area contributed by atoms with Crippen molar-refractivity contribution in [3.63, 3.8) is 0 Å². The first-order chi connectivity index (χ1) is 4.43. The zero-order valence-electron chi connectivity index (χ0n) is 5.63. The van der Waals surface area contributed by atoms with Crippen LogP contribution in [0, 0.1) is 0 Å². The molecule has 1 aliphatic rings. The molecule has 3 heteroatoms. The molecule has 0 amide bonds. The molecule has 0 aromatic carbocycles. The predicted molar refractivity (Wildman–Crippen MR) is 35.2 cm³/mol. The number of rotatable bonds is 1. The maximum Gasteiger partial charge on any atom is 0.136 e. The average Bonchev–Trinajstić information content (AvgIpc) is 2.43. The van der Waals surface area contributed by atoms with Gasteiger partial charge in [-0.05, 0) is 19.4 Å². The summed E-state index contributed by atoms with van der Waals surface area (Å²) in [6, 6.07) is 0.167. The highest BCUT2D eigenvalue weighted by Gasteiger charge is 2.10. The molecule has 0 aromatic heterocycles. The number of hydrogen-bond acceptors (Lipinski definition) is 3. The van der Waals surface area contributed by atoms with Crippen LogP contribution in [-0.4, -0.2) is 31.1 Å². The molecule has 0 saturated carbocycles. The predicted octanol–water partition coefficient (Wildman–Crippen LogP) is -0.454. The third-order valence-electron chi connectivity index (χ3n) is 1.26. The molecule has 1 saturated heterocycles. The van der Waals surface area contributed by atoms with E-state index in [0.29, 0.717) is 0 Å². The SMILES string of the molecule is CO.O=C[C@@H]1CCCN1. The van der Waals surface area contributed by atoms with Gasteiger partial charge in [0.15, 0.2) is 0 Å². The minimum atomic E-state index is 0.167. The van der Waals surface area contributed by atoms with Crippen LogP contribution in [0.4, 0.5) is 0 Å². The molecule has 2 N–H and O–H groups in total. The van der Waals surface area contributed by atoms with Gasteiger partial charge in [0.2, 0.25) is 0 Å². The van der Waals surface area contributed by atoms with E-state index in [1.54, 1.807) is 0 Å². The Balaban J connectivity index is 0.000000291. The molecule has 1 atom stereocenters. The maximum atomic E-state index is 9.94. The van der Waals surface area contributed by atoms with Gasteiger partial charge in [-0.25, -0.2) is 0 Å². The molecule has 9 heavy (non-hydrogen) atoms. The largest absolute Gasteiger partial charge is 0.400 e. The molecule has 0 spiro atoms. The van der Waals surface area contributed by atoms with Crippen molar-refractivity contribution in [3.8, 4) is 0 Å². The average molecular weight is 131 g/mol. The van der Waals surface area contributed by atoms with E-state index in [0.717, 1.165) is 32.8 Å². The standard InChI is InChI=1S/C5H9NO.CH4O/c7-4-5-2-1-3-6-5;1-2/h4-6H,1-3H2;2H,1H3/t5-;/m0./s1. The van der Waals surface area contributed by atoms with Gasteiger partial charge in [0.25, 0.3) is 0 Å². The fraction of sp³-hybridized carbons (Fsp3) is 0.833. The highest BCUT2D eigenvalue weighted by molar-refractivity contribution is 5.57. The quantitative estimate of drug-likeness (QED) is 0.474. The third kappa shape index (κ3) is 3.21. The minimum Gasteiger partial charge on any atom is -0.400 e. The number of carbonyl (C=O) groups excluding carboxylic acids is 1. The summed E-state index contributed by atoms with van der Waals surface area (Å²) in [5.74, 6) is 0. The van der Waals surface area contributed by atoms with Gasteiger partial charge in [-0.15, -0.1) is 0 Å². The molecule has 1 aliphatic heterocycles. The fourth-order valence-corrected chi connectivity index (χ4v) is 0.828. The molecule has 1 fully saturated rings. The van der Waals surface area contributed by atoms with Crippen LogP contribution < -0.4 is 5.32 Å². The lowest BCUT2D eigenvalue weighted by molar-refractivity contribution is -0.109. The van der Waals surface area contributed by atoms with Crippen LogP contribution in [0.2, 0.25) is 0 Å². The second kappa shape index (κ2) is 5.72. The highest BCUT2D eigenvalue weighted by Crippen LogP contribution is 2.00. The summed E-state index contributed by atoms with van der Waals surface area (Å²) in [6.07, 6.45) is 3.17. The molecule has 0 aromatic rings. The van der Waals surface area contributed by atoms with Gasteiger partial charge in [0.1, 0.15) is 6.29 Å². The van der Waals surface area contributed by atoms with Gasteiger partial charge in [0.05, 0.1) is 6.04 Å². The van der Waals surface area contributed by atoms with Crippen molar-refractivity contribution in [2.45, 2.75) is 18.9 Å². The molecule has 0 aliphatic carbocycles. The zero-order valence-corrected chi connectivity index (χ0v) is 5.63. The Morgan fingerprint density at radius 2 is 2.33 bits per heavy atom. The van der Waals surface area contributed by atoms with Crippen molar-refractivity contribution in [2.75, 3.05) is 13.7 Å². The number of aldehydes is 1. The van der Waals surface area contributed by atoms with E-state index in [4.69, 9.17) is 5.11 Å². The number of aliphatic hydroxyl groups is 1. The summed E-state index contributed by atoms with van der Waals surface area (Å²) in [5, 5.41) is 10.0. The van der Waals surface area contributed by atoms with Crippen molar-refractivity contribution >= 4 is 6.29 Å². The second-order valence-corrected chi connectivity index (χ2v) is 1.84. The van der Waals surface area contributed by atoms with E-state index in [1.807, 2.05) is 0 Å². The molecule has 3 nitrogen and oxygen atoms in total. The lowest BCUT2D eigenvalue weighted by atomic mass is 10.2.